The Hall–Kier alpha value is -0.950. The van der Waals surface area contributed by atoms with Crippen molar-refractivity contribution in [1.82, 2.24) is 10.6 Å². The van der Waals surface area contributed by atoms with Crippen molar-refractivity contribution in [3.05, 3.63) is 0 Å². The molecule has 0 bridgehead atoms. The second-order valence-corrected chi connectivity index (χ2v) is 5.94. The van der Waals surface area contributed by atoms with Gasteiger partial charge in [-0.05, 0) is 12.8 Å². The largest absolute Gasteiger partial charge is 0.481 e. The molecule has 2 aliphatic rings. The lowest BCUT2D eigenvalue weighted by Gasteiger charge is -2.16. The maximum absolute atomic E-state index is 11.1. The quantitative estimate of drug-likeness (QED) is 0.520. The number of hydrogen-bond donors (Lipinski definition) is 3. The fourth-order valence-electron chi connectivity index (χ4n) is 2.26. The maximum Gasteiger partial charge on any atom is 0.315 e. The topological polar surface area (TPSA) is 87.7 Å². The number of ether oxygens (including phenoxy) is 1. The molecule has 2 heterocycles. The first-order valence-electron chi connectivity index (χ1n) is 6.39. The van der Waals surface area contributed by atoms with E-state index in [9.17, 15) is 9.59 Å². The molecule has 7 heteroatoms. The molecule has 0 aliphatic carbocycles. The standard InChI is InChI=1S/C10H16N2O3S.C2H6O/c13-8(14)4-2-1-3-7-9-6(5-16-7)11-10(15)12-9;1-3-2/h6-7,9H,1-5H2,(H,13,14)(H2,11,12,15);1-2H3/t6-,7-,9-;/m0./s1. The summed E-state index contributed by atoms with van der Waals surface area (Å²) >= 11 is 1.87. The molecule has 2 amide bonds. The number of amides is 2. The van der Waals surface area contributed by atoms with Crippen LogP contribution >= 0.6 is 11.8 Å². The maximum atomic E-state index is 11.1. The molecule has 3 N–H and O–H groups in total. The van der Waals surface area contributed by atoms with Gasteiger partial charge in [-0.2, -0.15) is 11.8 Å². The second-order valence-electron chi connectivity index (χ2n) is 4.67. The summed E-state index contributed by atoms with van der Waals surface area (Å²) in [6.45, 7) is 0. The number of carbonyl (C=O) groups is 2. The minimum absolute atomic E-state index is 0.0640. The van der Waals surface area contributed by atoms with E-state index in [1.165, 1.54) is 0 Å². The van der Waals surface area contributed by atoms with Gasteiger partial charge in [0.1, 0.15) is 0 Å². The number of rotatable bonds is 5. The average Bonchev–Trinajstić information content (AvgIpc) is 2.85. The third-order valence-electron chi connectivity index (χ3n) is 3.07. The molecule has 0 aromatic carbocycles. The molecule has 0 spiro atoms. The highest BCUT2D eigenvalue weighted by molar-refractivity contribution is 8.00. The molecule has 0 radical (unpaired) electrons. The van der Waals surface area contributed by atoms with Gasteiger partial charge in [0.2, 0.25) is 0 Å². The smallest absolute Gasteiger partial charge is 0.315 e. The summed E-state index contributed by atoms with van der Waals surface area (Å²) in [5, 5.41) is 14.8. The Morgan fingerprint density at radius 3 is 2.74 bits per heavy atom. The van der Waals surface area contributed by atoms with Gasteiger partial charge >= 0.3 is 12.0 Å². The number of unbranched alkanes of at least 4 members (excludes halogenated alkanes) is 1. The van der Waals surface area contributed by atoms with Gasteiger partial charge in [-0.1, -0.05) is 6.42 Å². The van der Waals surface area contributed by atoms with Crippen LogP contribution in [0.5, 0.6) is 0 Å². The number of aliphatic carboxylic acids is 1. The molecule has 19 heavy (non-hydrogen) atoms. The molecular weight excluding hydrogens is 268 g/mol. The van der Waals surface area contributed by atoms with Gasteiger partial charge in [-0.25, -0.2) is 4.79 Å². The molecule has 3 atom stereocenters. The number of hydrogen-bond acceptors (Lipinski definition) is 4. The van der Waals surface area contributed by atoms with E-state index in [2.05, 4.69) is 15.4 Å². The Morgan fingerprint density at radius 2 is 2.11 bits per heavy atom. The molecule has 2 fully saturated rings. The van der Waals surface area contributed by atoms with Crippen molar-refractivity contribution in [3.63, 3.8) is 0 Å². The van der Waals surface area contributed by atoms with Crippen LogP contribution in [-0.2, 0) is 9.53 Å². The van der Waals surface area contributed by atoms with E-state index < -0.39 is 5.97 Å². The fraction of sp³-hybridized carbons (Fsp3) is 0.833. The summed E-state index contributed by atoms with van der Waals surface area (Å²) < 4.78 is 4.25. The van der Waals surface area contributed by atoms with E-state index in [1.807, 2.05) is 11.8 Å². The zero-order chi connectivity index (χ0) is 14.3. The lowest BCUT2D eigenvalue weighted by atomic mass is 10.0. The van der Waals surface area contributed by atoms with Gasteiger partial charge in [0.25, 0.3) is 0 Å². The first kappa shape index (κ1) is 16.1. The van der Waals surface area contributed by atoms with Crippen LogP contribution in [0.3, 0.4) is 0 Å². The molecule has 2 saturated heterocycles. The summed E-state index contributed by atoms with van der Waals surface area (Å²) in [7, 11) is 3.25. The molecule has 0 saturated carbocycles. The molecule has 6 nitrogen and oxygen atoms in total. The zero-order valence-corrected chi connectivity index (χ0v) is 12.2. The number of nitrogens with one attached hydrogen (secondary N) is 2. The van der Waals surface area contributed by atoms with Crippen molar-refractivity contribution in [3.8, 4) is 0 Å². The molecule has 2 rings (SSSR count). The number of thioether (sulfide) groups is 1. The predicted octanol–water partition coefficient (Wildman–Crippen LogP) is 1.06. The van der Waals surface area contributed by atoms with Crippen molar-refractivity contribution in [2.75, 3.05) is 20.0 Å². The first-order valence-corrected chi connectivity index (χ1v) is 7.44. The van der Waals surface area contributed by atoms with Gasteiger partial charge in [-0.3, -0.25) is 4.79 Å². The van der Waals surface area contributed by atoms with Crippen LogP contribution in [0.15, 0.2) is 0 Å². The monoisotopic (exact) mass is 290 g/mol. The van der Waals surface area contributed by atoms with Gasteiger partial charge in [0.15, 0.2) is 0 Å². The van der Waals surface area contributed by atoms with E-state index in [1.54, 1.807) is 14.2 Å². The van der Waals surface area contributed by atoms with Gasteiger partial charge < -0.3 is 20.5 Å². The van der Waals surface area contributed by atoms with Crippen molar-refractivity contribution in [2.45, 2.75) is 43.0 Å². The van der Waals surface area contributed by atoms with E-state index in [4.69, 9.17) is 5.11 Å². The molecular formula is C12H22N2O4S. The number of carboxylic acids is 1. The minimum atomic E-state index is -0.729. The highest BCUT2D eigenvalue weighted by Gasteiger charge is 2.42. The lowest BCUT2D eigenvalue weighted by Crippen LogP contribution is -2.36. The summed E-state index contributed by atoms with van der Waals surface area (Å²) in [5.74, 6) is 0.236. The predicted molar refractivity (Wildman–Crippen MR) is 74.5 cm³/mol. The van der Waals surface area contributed by atoms with Crippen LogP contribution in [0.2, 0.25) is 0 Å². The minimum Gasteiger partial charge on any atom is -0.481 e. The Balaban J connectivity index is 0.000000550. The first-order chi connectivity index (χ1) is 9.08. The molecule has 2 aliphatic heterocycles. The van der Waals surface area contributed by atoms with Crippen LogP contribution in [0, 0.1) is 0 Å². The van der Waals surface area contributed by atoms with Gasteiger partial charge in [0, 0.05) is 31.6 Å². The summed E-state index contributed by atoms with van der Waals surface area (Å²) in [6, 6.07) is 0.440. The Bertz CT molecular complexity index is 314. The Morgan fingerprint density at radius 1 is 1.42 bits per heavy atom. The Kier molecular flexibility index (Phi) is 7.01. The summed E-state index contributed by atoms with van der Waals surface area (Å²) in [5.41, 5.74) is 0. The van der Waals surface area contributed by atoms with E-state index >= 15 is 0 Å². The number of methoxy groups -OCH3 is 1. The van der Waals surface area contributed by atoms with Crippen molar-refractivity contribution < 1.29 is 19.4 Å². The van der Waals surface area contributed by atoms with Crippen LogP contribution < -0.4 is 10.6 Å². The Labute approximate surface area is 117 Å². The zero-order valence-electron chi connectivity index (χ0n) is 11.3. The van der Waals surface area contributed by atoms with Gasteiger partial charge in [-0.15, -0.1) is 0 Å². The average molecular weight is 290 g/mol. The van der Waals surface area contributed by atoms with Crippen LogP contribution in [0.4, 0.5) is 4.79 Å². The van der Waals surface area contributed by atoms with Crippen LogP contribution in [-0.4, -0.2) is 54.4 Å². The van der Waals surface area contributed by atoms with Crippen molar-refractivity contribution in [2.24, 2.45) is 0 Å². The third-order valence-corrected chi connectivity index (χ3v) is 4.58. The highest BCUT2D eigenvalue weighted by atomic mass is 32.2. The van der Waals surface area contributed by atoms with E-state index in [0.717, 1.165) is 25.0 Å². The van der Waals surface area contributed by atoms with Crippen molar-refractivity contribution >= 4 is 23.8 Å². The number of carbonyl (C=O) groups excluding carboxylic acids is 1. The van der Waals surface area contributed by atoms with Crippen LogP contribution in [0.1, 0.15) is 25.7 Å². The van der Waals surface area contributed by atoms with E-state index in [-0.39, 0.29) is 24.5 Å². The highest BCUT2D eigenvalue weighted by Crippen LogP contribution is 2.33. The molecule has 0 aromatic heterocycles. The molecule has 0 unspecified atom stereocenters. The third kappa shape index (κ3) is 5.28. The number of carboxylic acid groups (broad SMARTS) is 1. The van der Waals surface area contributed by atoms with E-state index in [0.29, 0.717) is 5.25 Å². The molecule has 110 valence electrons. The molecule has 0 aromatic rings. The fourth-order valence-corrected chi connectivity index (χ4v) is 3.81. The summed E-state index contributed by atoms with van der Waals surface area (Å²) in [4.78, 5) is 21.5. The lowest BCUT2D eigenvalue weighted by molar-refractivity contribution is -0.137. The number of urea groups is 1. The SMILES string of the molecule is COC.O=C(O)CCCC[C@@H]1SC[C@@H]2NC(=O)N[C@@H]21. The second kappa shape index (κ2) is 8.27. The number of fused-ring (bicyclic) bond motifs is 1. The summed E-state index contributed by atoms with van der Waals surface area (Å²) in [6.07, 6.45) is 2.88. The van der Waals surface area contributed by atoms with Crippen molar-refractivity contribution in [1.29, 1.82) is 0 Å². The van der Waals surface area contributed by atoms with Crippen LogP contribution in [0.25, 0.3) is 0 Å². The normalized spacial score (nSPS) is 27.9. The van der Waals surface area contributed by atoms with Gasteiger partial charge in [0.05, 0.1) is 12.1 Å².